The average Bonchev–Trinajstić information content (AvgIpc) is 2.89. The number of H-pyrrole nitrogens is 1. The minimum Gasteiger partial charge on any atom is -0.295 e. The van der Waals surface area contributed by atoms with E-state index in [-0.39, 0.29) is 10.5 Å². The van der Waals surface area contributed by atoms with Gasteiger partial charge in [-0.3, -0.25) is 14.9 Å². The molecule has 0 saturated carbocycles. The van der Waals surface area contributed by atoms with Gasteiger partial charge < -0.3 is 0 Å². The SMILES string of the molecule is Cc1ccc(-n2[nH]c(C)c(C=Nc3ccc(S(N)(=O)=O)cc3)c2=O)cc1Cl. The fourth-order valence-electron chi connectivity index (χ4n) is 2.48. The van der Waals surface area contributed by atoms with E-state index in [2.05, 4.69) is 10.1 Å². The van der Waals surface area contributed by atoms with Crippen molar-refractivity contribution in [3.63, 3.8) is 0 Å². The van der Waals surface area contributed by atoms with E-state index in [1.165, 1.54) is 35.2 Å². The second kappa shape index (κ2) is 7.15. The van der Waals surface area contributed by atoms with E-state index < -0.39 is 10.0 Å². The number of nitrogens with one attached hydrogen (secondary N) is 1. The number of rotatable bonds is 4. The molecule has 1 aromatic heterocycles. The highest BCUT2D eigenvalue weighted by molar-refractivity contribution is 7.89. The van der Waals surface area contributed by atoms with Gasteiger partial charge in [0.05, 0.1) is 21.8 Å². The van der Waals surface area contributed by atoms with Gasteiger partial charge in [-0.05, 0) is 55.8 Å². The quantitative estimate of drug-likeness (QED) is 0.652. The standard InChI is InChI=1S/C18H17ClN4O3S/c1-11-3-6-14(9-17(11)19)23-18(24)16(12(2)22-23)10-21-13-4-7-15(8-5-13)27(20,25)26/h3-10,22H,1-2H3,(H2,20,25,26). The van der Waals surface area contributed by atoms with E-state index in [1.54, 1.807) is 19.1 Å². The van der Waals surface area contributed by atoms with Gasteiger partial charge in [0.1, 0.15) is 0 Å². The van der Waals surface area contributed by atoms with E-state index in [1.807, 2.05) is 13.0 Å². The Morgan fingerprint density at radius 3 is 2.41 bits per heavy atom. The maximum Gasteiger partial charge on any atom is 0.280 e. The van der Waals surface area contributed by atoms with Crippen LogP contribution in [0.5, 0.6) is 0 Å². The van der Waals surface area contributed by atoms with Gasteiger partial charge in [-0.25, -0.2) is 18.2 Å². The van der Waals surface area contributed by atoms with Crippen molar-refractivity contribution in [2.45, 2.75) is 18.7 Å². The molecule has 0 unspecified atom stereocenters. The molecule has 3 aromatic rings. The van der Waals surface area contributed by atoms with Gasteiger partial charge in [-0.2, -0.15) is 0 Å². The molecule has 0 aliphatic heterocycles. The van der Waals surface area contributed by atoms with Crippen LogP contribution in [0.25, 0.3) is 5.69 Å². The normalized spacial score (nSPS) is 12.0. The average molecular weight is 405 g/mol. The highest BCUT2D eigenvalue weighted by Crippen LogP contribution is 2.19. The molecule has 0 amide bonds. The van der Waals surface area contributed by atoms with Crippen molar-refractivity contribution < 1.29 is 8.42 Å². The Hall–Kier alpha value is -2.68. The molecular formula is C18H17ClN4O3S. The molecule has 0 aliphatic rings. The maximum absolute atomic E-state index is 12.7. The fraction of sp³-hybridized carbons (Fsp3) is 0.111. The molecular weight excluding hydrogens is 388 g/mol. The summed E-state index contributed by atoms with van der Waals surface area (Å²) >= 11 is 6.14. The van der Waals surface area contributed by atoms with E-state index in [0.29, 0.717) is 27.7 Å². The molecule has 1 heterocycles. The largest absolute Gasteiger partial charge is 0.295 e. The van der Waals surface area contributed by atoms with Crippen LogP contribution in [-0.2, 0) is 10.0 Å². The summed E-state index contributed by atoms with van der Waals surface area (Å²) in [6, 6.07) is 11.1. The second-order valence-corrected chi connectivity index (χ2v) is 7.99. The van der Waals surface area contributed by atoms with Crippen LogP contribution in [0.1, 0.15) is 16.8 Å². The van der Waals surface area contributed by atoms with Crippen LogP contribution in [-0.4, -0.2) is 24.4 Å². The van der Waals surface area contributed by atoms with Crippen molar-refractivity contribution in [1.29, 1.82) is 0 Å². The molecule has 3 rings (SSSR count). The van der Waals surface area contributed by atoms with Gasteiger partial charge in [-0.1, -0.05) is 17.7 Å². The first-order valence-corrected chi connectivity index (χ1v) is 9.84. The van der Waals surface area contributed by atoms with Crippen molar-refractivity contribution in [2.75, 3.05) is 0 Å². The Balaban J connectivity index is 1.94. The third kappa shape index (κ3) is 4.02. The number of nitrogens with two attached hydrogens (primary N) is 1. The highest BCUT2D eigenvalue weighted by atomic mass is 35.5. The lowest BCUT2D eigenvalue weighted by Crippen LogP contribution is -2.17. The zero-order valence-electron chi connectivity index (χ0n) is 14.6. The summed E-state index contributed by atoms with van der Waals surface area (Å²) in [7, 11) is -3.76. The second-order valence-electron chi connectivity index (χ2n) is 6.02. The Morgan fingerprint density at radius 2 is 1.81 bits per heavy atom. The zero-order chi connectivity index (χ0) is 19.8. The predicted molar refractivity (Wildman–Crippen MR) is 106 cm³/mol. The minimum absolute atomic E-state index is 0.00196. The molecule has 0 aliphatic carbocycles. The number of hydrogen-bond acceptors (Lipinski definition) is 4. The molecule has 7 nitrogen and oxygen atoms in total. The van der Waals surface area contributed by atoms with Gasteiger partial charge in [0, 0.05) is 16.9 Å². The van der Waals surface area contributed by atoms with Crippen LogP contribution in [0, 0.1) is 13.8 Å². The van der Waals surface area contributed by atoms with Crippen LogP contribution in [0.15, 0.2) is 57.1 Å². The lowest BCUT2D eigenvalue weighted by atomic mass is 10.2. The fourth-order valence-corrected chi connectivity index (χ4v) is 3.17. The molecule has 0 saturated heterocycles. The molecule has 0 bridgehead atoms. The summed E-state index contributed by atoms with van der Waals surface area (Å²) in [5.74, 6) is 0. The van der Waals surface area contributed by atoms with E-state index in [0.717, 1.165) is 5.56 Å². The Morgan fingerprint density at radius 1 is 1.15 bits per heavy atom. The number of nitrogens with zero attached hydrogens (tertiary/aromatic N) is 2. The number of primary sulfonamides is 1. The summed E-state index contributed by atoms with van der Waals surface area (Å²) < 4.78 is 23.9. The lowest BCUT2D eigenvalue weighted by molar-refractivity contribution is 0.598. The molecule has 140 valence electrons. The number of benzene rings is 2. The number of sulfonamides is 1. The van der Waals surface area contributed by atoms with Crippen LogP contribution in [0.4, 0.5) is 5.69 Å². The number of aryl methyl sites for hydroxylation is 2. The van der Waals surface area contributed by atoms with Crippen molar-refractivity contribution in [3.8, 4) is 5.69 Å². The van der Waals surface area contributed by atoms with Gasteiger partial charge >= 0.3 is 0 Å². The van der Waals surface area contributed by atoms with Crippen molar-refractivity contribution in [1.82, 2.24) is 9.78 Å². The van der Waals surface area contributed by atoms with Crippen molar-refractivity contribution >= 4 is 33.5 Å². The first-order chi connectivity index (χ1) is 12.7. The lowest BCUT2D eigenvalue weighted by Gasteiger charge is -2.04. The van der Waals surface area contributed by atoms with E-state index >= 15 is 0 Å². The Labute approximate surface area is 161 Å². The van der Waals surface area contributed by atoms with Gasteiger partial charge in [-0.15, -0.1) is 0 Å². The van der Waals surface area contributed by atoms with Gasteiger partial charge in [0.25, 0.3) is 5.56 Å². The van der Waals surface area contributed by atoms with Crippen molar-refractivity contribution in [2.24, 2.45) is 10.1 Å². The molecule has 0 spiro atoms. The number of aromatic amines is 1. The minimum atomic E-state index is -3.76. The monoisotopic (exact) mass is 404 g/mol. The zero-order valence-corrected chi connectivity index (χ0v) is 16.2. The summed E-state index contributed by atoms with van der Waals surface area (Å²) in [4.78, 5) is 16.9. The number of hydrogen-bond donors (Lipinski definition) is 2. The molecule has 0 atom stereocenters. The number of halogens is 1. The number of aliphatic imine (C=N–C) groups is 1. The van der Waals surface area contributed by atoms with E-state index in [4.69, 9.17) is 16.7 Å². The molecule has 2 aromatic carbocycles. The van der Waals surface area contributed by atoms with Crippen molar-refractivity contribution in [3.05, 3.63) is 74.7 Å². The van der Waals surface area contributed by atoms with Gasteiger partial charge in [0.2, 0.25) is 10.0 Å². The third-order valence-electron chi connectivity index (χ3n) is 4.04. The summed E-state index contributed by atoms with van der Waals surface area (Å²) in [5.41, 5.74) is 2.80. The molecule has 0 radical (unpaired) electrons. The topological polar surface area (TPSA) is 110 Å². The summed E-state index contributed by atoms with van der Waals surface area (Å²) in [6.07, 6.45) is 1.44. The molecule has 3 N–H and O–H groups in total. The highest BCUT2D eigenvalue weighted by Gasteiger charge is 2.12. The number of aromatic nitrogens is 2. The third-order valence-corrected chi connectivity index (χ3v) is 5.38. The molecule has 0 fully saturated rings. The van der Waals surface area contributed by atoms with Crippen LogP contribution >= 0.6 is 11.6 Å². The van der Waals surface area contributed by atoms with Crippen LogP contribution in [0.3, 0.4) is 0 Å². The predicted octanol–water partition coefficient (Wildman–Crippen LogP) is 2.83. The Bertz CT molecular complexity index is 1190. The Kier molecular flexibility index (Phi) is 5.05. The first kappa shape index (κ1) is 19.1. The van der Waals surface area contributed by atoms with Crippen LogP contribution < -0.4 is 10.7 Å². The smallest absolute Gasteiger partial charge is 0.280 e. The van der Waals surface area contributed by atoms with Gasteiger partial charge in [0.15, 0.2) is 0 Å². The molecule has 9 heteroatoms. The first-order valence-electron chi connectivity index (χ1n) is 7.92. The summed E-state index contributed by atoms with van der Waals surface area (Å²) in [6.45, 7) is 3.65. The van der Waals surface area contributed by atoms with Crippen LogP contribution in [0.2, 0.25) is 5.02 Å². The molecule has 27 heavy (non-hydrogen) atoms. The maximum atomic E-state index is 12.7. The summed E-state index contributed by atoms with van der Waals surface area (Å²) in [5, 5.41) is 8.63. The van der Waals surface area contributed by atoms with E-state index in [9.17, 15) is 13.2 Å².